The number of nitrogens with one attached hydrogen (secondary N) is 4. The maximum Gasteiger partial charge on any atom is 0.276 e. The van der Waals surface area contributed by atoms with Gasteiger partial charge >= 0.3 is 0 Å². The number of benzene rings is 1. The number of anilines is 2. The van der Waals surface area contributed by atoms with Gasteiger partial charge in [-0.2, -0.15) is 0 Å². The molecule has 0 saturated carbocycles. The normalized spacial score (nSPS) is 14.6. The van der Waals surface area contributed by atoms with E-state index in [0.717, 1.165) is 11.8 Å². The molecule has 0 radical (unpaired) electrons. The maximum atomic E-state index is 12.3. The molecule has 1 aliphatic heterocycles. The second-order valence-corrected chi connectivity index (χ2v) is 7.08. The third-order valence-electron chi connectivity index (χ3n) is 4.20. The second-order valence-electron chi connectivity index (χ2n) is 6.26. The van der Waals surface area contributed by atoms with Gasteiger partial charge in [0.2, 0.25) is 5.95 Å². The molecule has 2 aromatic rings. The molecule has 5 N–H and O–H groups in total. The molecule has 1 fully saturated rings. The number of aromatic nitrogens is 2. The van der Waals surface area contributed by atoms with Crippen molar-refractivity contribution in [3.05, 3.63) is 49.9 Å². The van der Waals surface area contributed by atoms with Crippen LogP contribution in [-0.4, -0.2) is 58.5 Å². The van der Waals surface area contributed by atoms with Gasteiger partial charge < -0.3 is 21.1 Å². The number of aromatic amines is 1. The van der Waals surface area contributed by atoms with Crippen LogP contribution in [0.4, 0.5) is 11.6 Å². The minimum Gasteiger partial charge on any atom is -0.390 e. The number of β-amino-alcohol motifs (C(OH)–C–C–N with tert-alkyl or cyclic N) is 1. The minimum atomic E-state index is -0.358. The van der Waals surface area contributed by atoms with Crippen molar-refractivity contribution in [3.63, 3.8) is 0 Å². The first-order valence-corrected chi connectivity index (χ1v) is 9.18. The van der Waals surface area contributed by atoms with Gasteiger partial charge in [0.25, 0.3) is 5.56 Å². The molecule has 0 unspecified atom stereocenters. The van der Waals surface area contributed by atoms with Gasteiger partial charge in [-0.1, -0.05) is 29.3 Å². The van der Waals surface area contributed by atoms with Crippen molar-refractivity contribution in [1.29, 1.82) is 5.41 Å². The van der Waals surface area contributed by atoms with Gasteiger partial charge in [0.1, 0.15) is 11.4 Å². The van der Waals surface area contributed by atoms with E-state index in [0.29, 0.717) is 42.8 Å². The first-order valence-electron chi connectivity index (χ1n) is 8.43. The highest BCUT2D eigenvalue weighted by Crippen LogP contribution is 2.22. The number of aliphatic hydroxyl groups excluding tert-OH is 1. The van der Waals surface area contributed by atoms with Crippen LogP contribution >= 0.6 is 23.2 Å². The van der Waals surface area contributed by atoms with Crippen LogP contribution in [0.15, 0.2) is 23.0 Å². The van der Waals surface area contributed by atoms with Gasteiger partial charge in [0, 0.05) is 38.9 Å². The summed E-state index contributed by atoms with van der Waals surface area (Å²) in [5.41, 5.74) is 1.02. The first-order chi connectivity index (χ1) is 13.0. The smallest absolute Gasteiger partial charge is 0.276 e. The van der Waals surface area contributed by atoms with Gasteiger partial charge in [0.05, 0.1) is 16.1 Å². The van der Waals surface area contributed by atoms with Crippen LogP contribution in [0.3, 0.4) is 0 Å². The summed E-state index contributed by atoms with van der Waals surface area (Å²) in [6.45, 7) is 2.90. The van der Waals surface area contributed by atoms with E-state index in [1.165, 1.54) is 0 Å². The summed E-state index contributed by atoms with van der Waals surface area (Å²) >= 11 is 11.9. The van der Waals surface area contributed by atoms with Crippen LogP contribution in [0.2, 0.25) is 10.0 Å². The fourth-order valence-corrected chi connectivity index (χ4v) is 3.07. The number of hydrogen-bond acceptors (Lipinski definition) is 7. The van der Waals surface area contributed by atoms with Crippen LogP contribution in [0, 0.1) is 5.41 Å². The third kappa shape index (κ3) is 4.98. The van der Waals surface area contributed by atoms with Crippen molar-refractivity contribution in [2.45, 2.75) is 12.6 Å². The summed E-state index contributed by atoms with van der Waals surface area (Å²) < 4.78 is 0. The molecule has 2 heterocycles. The van der Waals surface area contributed by atoms with Gasteiger partial charge in [-0.05, 0) is 17.7 Å². The number of hydrogen-bond donors (Lipinski definition) is 5. The molecule has 0 spiro atoms. The van der Waals surface area contributed by atoms with E-state index in [4.69, 9.17) is 28.6 Å². The van der Waals surface area contributed by atoms with E-state index < -0.39 is 0 Å². The minimum absolute atomic E-state index is 0.249. The monoisotopic (exact) mass is 410 g/mol. The Bertz CT molecular complexity index is 882. The fourth-order valence-electron chi connectivity index (χ4n) is 2.75. The molecule has 1 saturated heterocycles. The molecule has 27 heavy (non-hydrogen) atoms. The second kappa shape index (κ2) is 8.71. The van der Waals surface area contributed by atoms with Gasteiger partial charge in [-0.25, -0.2) is 4.98 Å². The molecule has 0 atom stereocenters. The highest BCUT2D eigenvalue weighted by Gasteiger charge is 2.23. The lowest BCUT2D eigenvalue weighted by Crippen LogP contribution is -2.52. The zero-order chi connectivity index (χ0) is 19.4. The SMILES string of the molecule is N=Cc1nc(NCc2ccc(Cl)c(Cl)c2)[nH]c(=O)c1NCCN1CC(O)C1. The van der Waals surface area contributed by atoms with Crippen molar-refractivity contribution >= 4 is 41.1 Å². The highest BCUT2D eigenvalue weighted by atomic mass is 35.5. The Balaban J connectivity index is 1.63. The van der Waals surface area contributed by atoms with Crippen LogP contribution in [0.25, 0.3) is 0 Å². The van der Waals surface area contributed by atoms with E-state index >= 15 is 0 Å². The van der Waals surface area contributed by atoms with Crippen LogP contribution < -0.4 is 16.2 Å². The van der Waals surface area contributed by atoms with E-state index in [1.54, 1.807) is 12.1 Å². The molecule has 1 aromatic heterocycles. The van der Waals surface area contributed by atoms with Crippen molar-refractivity contribution < 1.29 is 5.11 Å². The lowest BCUT2D eigenvalue weighted by Gasteiger charge is -2.35. The van der Waals surface area contributed by atoms with Gasteiger partial charge in [-0.3, -0.25) is 14.7 Å². The Morgan fingerprint density at radius 1 is 1.33 bits per heavy atom. The molecular formula is C17H20Cl2N6O2. The Labute approximate surface area is 166 Å². The maximum absolute atomic E-state index is 12.3. The van der Waals surface area contributed by atoms with Crippen LogP contribution in [-0.2, 0) is 6.54 Å². The third-order valence-corrected chi connectivity index (χ3v) is 4.93. The summed E-state index contributed by atoms with van der Waals surface area (Å²) in [5.74, 6) is 0.265. The number of H-pyrrole nitrogens is 1. The topological polar surface area (TPSA) is 117 Å². The summed E-state index contributed by atoms with van der Waals surface area (Å²) in [5, 5.41) is 23.8. The zero-order valence-corrected chi connectivity index (χ0v) is 15.9. The number of halogens is 2. The lowest BCUT2D eigenvalue weighted by molar-refractivity contribution is 0.00497. The average Bonchev–Trinajstić information content (AvgIpc) is 2.62. The van der Waals surface area contributed by atoms with Crippen LogP contribution in [0.5, 0.6) is 0 Å². The quantitative estimate of drug-likeness (QED) is 0.423. The number of nitrogens with zero attached hydrogens (tertiary/aromatic N) is 2. The summed E-state index contributed by atoms with van der Waals surface area (Å²) in [4.78, 5) is 21.3. The fraction of sp³-hybridized carbons (Fsp3) is 0.353. The van der Waals surface area contributed by atoms with Gasteiger partial charge in [0.15, 0.2) is 0 Å². The molecule has 0 aliphatic carbocycles. The Kier molecular flexibility index (Phi) is 6.33. The number of aliphatic hydroxyl groups is 1. The molecule has 1 aliphatic rings. The molecular weight excluding hydrogens is 391 g/mol. The molecule has 1 aromatic carbocycles. The zero-order valence-electron chi connectivity index (χ0n) is 14.4. The van der Waals surface area contributed by atoms with E-state index in [-0.39, 0.29) is 29.0 Å². The molecule has 8 nitrogen and oxygen atoms in total. The highest BCUT2D eigenvalue weighted by molar-refractivity contribution is 6.42. The van der Waals surface area contributed by atoms with E-state index in [1.807, 2.05) is 6.07 Å². The molecule has 0 bridgehead atoms. The Morgan fingerprint density at radius 2 is 2.11 bits per heavy atom. The summed E-state index contributed by atoms with van der Waals surface area (Å²) in [6, 6.07) is 5.25. The number of rotatable bonds is 8. The predicted molar refractivity (Wildman–Crippen MR) is 107 cm³/mol. The Hall–Kier alpha value is -2.13. The standard InChI is InChI=1S/C17H20Cl2N6O2/c18-12-2-1-10(5-13(12)19)7-22-17-23-14(6-20)15(16(27)24-17)21-3-4-25-8-11(26)9-25/h1-2,5-6,11,20-21,26H,3-4,7-9H2,(H2,22,23,24,27). The first kappa shape index (κ1) is 19.6. The van der Waals surface area contributed by atoms with Crippen molar-refractivity contribution in [2.75, 3.05) is 36.8 Å². The van der Waals surface area contributed by atoms with Crippen molar-refractivity contribution in [1.82, 2.24) is 14.9 Å². The summed E-state index contributed by atoms with van der Waals surface area (Å²) in [6.07, 6.45) is 0.781. The number of likely N-dealkylation sites (tertiary alicyclic amines) is 1. The van der Waals surface area contributed by atoms with E-state index in [2.05, 4.69) is 25.5 Å². The summed E-state index contributed by atoms with van der Waals surface area (Å²) in [7, 11) is 0. The van der Waals surface area contributed by atoms with E-state index in [9.17, 15) is 9.90 Å². The average molecular weight is 411 g/mol. The molecule has 0 amide bonds. The van der Waals surface area contributed by atoms with Crippen molar-refractivity contribution in [3.8, 4) is 0 Å². The Morgan fingerprint density at radius 3 is 2.78 bits per heavy atom. The van der Waals surface area contributed by atoms with Crippen molar-refractivity contribution in [2.24, 2.45) is 0 Å². The molecule has 3 rings (SSSR count). The molecule has 144 valence electrons. The lowest BCUT2D eigenvalue weighted by atomic mass is 10.2. The largest absolute Gasteiger partial charge is 0.390 e. The molecule has 10 heteroatoms. The predicted octanol–water partition coefficient (Wildman–Crippen LogP) is 1.77. The van der Waals surface area contributed by atoms with Crippen LogP contribution in [0.1, 0.15) is 11.3 Å². The van der Waals surface area contributed by atoms with Gasteiger partial charge in [-0.15, -0.1) is 0 Å².